The van der Waals surface area contributed by atoms with E-state index in [9.17, 15) is 0 Å². The maximum absolute atomic E-state index is 5.97. The Hall–Kier alpha value is -2.12. The lowest BCUT2D eigenvalue weighted by atomic mass is 10.2. The number of guanidine groups is 1. The molecule has 4 N–H and O–H groups in total. The standard InChI is InChI=1S/C10H9Cl2N7/c11-7-2-1-3-8(12)6(7)4-15-18-9(13)17-10-14-5-16-19-10/h1-5H,(H4,13,14,16,17,18,19)/b15-4-. The molecule has 1 aromatic heterocycles. The third-order valence-electron chi connectivity index (χ3n) is 2.00. The maximum atomic E-state index is 5.97. The molecule has 0 aliphatic heterocycles. The molecule has 0 aliphatic carbocycles. The molecule has 7 nitrogen and oxygen atoms in total. The molecule has 19 heavy (non-hydrogen) atoms. The first-order valence-electron chi connectivity index (χ1n) is 5.09. The van der Waals surface area contributed by atoms with E-state index in [1.54, 1.807) is 18.2 Å². The van der Waals surface area contributed by atoms with Crippen molar-refractivity contribution in [2.75, 3.05) is 0 Å². The lowest BCUT2D eigenvalue weighted by Crippen LogP contribution is -2.27. The Balaban J connectivity index is 2.04. The fraction of sp³-hybridized carbons (Fsp3) is 0. The number of hydrogen-bond donors (Lipinski definition) is 3. The fourth-order valence-corrected chi connectivity index (χ4v) is 1.68. The molecule has 2 aromatic rings. The Bertz CT molecular complexity index is 586. The molecular weight excluding hydrogens is 289 g/mol. The van der Waals surface area contributed by atoms with Gasteiger partial charge in [-0.05, 0) is 12.1 Å². The molecule has 0 unspecified atom stereocenters. The smallest absolute Gasteiger partial charge is 0.248 e. The van der Waals surface area contributed by atoms with Gasteiger partial charge in [-0.1, -0.05) is 29.3 Å². The van der Waals surface area contributed by atoms with Crippen molar-refractivity contribution in [3.05, 3.63) is 40.1 Å². The van der Waals surface area contributed by atoms with E-state index in [0.717, 1.165) is 0 Å². The first-order valence-corrected chi connectivity index (χ1v) is 5.85. The Morgan fingerprint density at radius 1 is 1.37 bits per heavy atom. The first-order chi connectivity index (χ1) is 9.16. The van der Waals surface area contributed by atoms with Crippen LogP contribution in [0.4, 0.5) is 5.95 Å². The summed E-state index contributed by atoms with van der Waals surface area (Å²) in [5.41, 5.74) is 8.68. The van der Waals surface area contributed by atoms with Gasteiger partial charge in [-0.2, -0.15) is 20.2 Å². The van der Waals surface area contributed by atoms with Crippen LogP contribution in [0.5, 0.6) is 0 Å². The summed E-state index contributed by atoms with van der Waals surface area (Å²) in [4.78, 5) is 7.65. The third kappa shape index (κ3) is 3.67. The number of hydrogen-bond acceptors (Lipinski definition) is 4. The number of rotatable bonds is 3. The zero-order valence-corrected chi connectivity index (χ0v) is 11.0. The van der Waals surface area contributed by atoms with Gasteiger partial charge < -0.3 is 5.73 Å². The Morgan fingerprint density at radius 2 is 2.11 bits per heavy atom. The van der Waals surface area contributed by atoms with Crippen molar-refractivity contribution < 1.29 is 0 Å². The summed E-state index contributed by atoms with van der Waals surface area (Å²) in [6.07, 6.45) is 2.77. The molecule has 1 heterocycles. The van der Waals surface area contributed by atoms with Gasteiger partial charge >= 0.3 is 0 Å². The van der Waals surface area contributed by atoms with Crippen molar-refractivity contribution in [3.63, 3.8) is 0 Å². The number of aliphatic imine (C=N–C) groups is 1. The molecule has 0 saturated carbocycles. The summed E-state index contributed by atoms with van der Waals surface area (Å²) < 4.78 is 0. The third-order valence-corrected chi connectivity index (χ3v) is 2.66. The summed E-state index contributed by atoms with van der Waals surface area (Å²) in [6.45, 7) is 0. The minimum absolute atomic E-state index is 0.0520. The van der Waals surface area contributed by atoms with Crippen LogP contribution in [0.25, 0.3) is 0 Å². The van der Waals surface area contributed by atoms with Crippen LogP contribution in [-0.4, -0.2) is 27.4 Å². The highest BCUT2D eigenvalue weighted by atomic mass is 35.5. The number of nitrogens with zero attached hydrogens (tertiary/aromatic N) is 4. The number of benzene rings is 1. The molecule has 9 heteroatoms. The van der Waals surface area contributed by atoms with Crippen molar-refractivity contribution in [2.24, 2.45) is 15.8 Å². The van der Waals surface area contributed by atoms with Gasteiger partial charge in [0.25, 0.3) is 0 Å². The van der Waals surface area contributed by atoms with E-state index in [-0.39, 0.29) is 11.9 Å². The van der Waals surface area contributed by atoms with Gasteiger partial charge in [0.2, 0.25) is 11.9 Å². The lowest BCUT2D eigenvalue weighted by molar-refractivity contribution is 1.00. The number of halogens is 2. The van der Waals surface area contributed by atoms with E-state index in [0.29, 0.717) is 15.6 Å². The average molecular weight is 298 g/mol. The summed E-state index contributed by atoms with van der Waals surface area (Å²) >= 11 is 11.9. The summed E-state index contributed by atoms with van der Waals surface area (Å²) in [5, 5.41) is 11.0. The van der Waals surface area contributed by atoms with Crippen molar-refractivity contribution in [1.29, 1.82) is 0 Å². The number of aromatic amines is 1. The van der Waals surface area contributed by atoms with E-state index < -0.39 is 0 Å². The molecule has 0 saturated heterocycles. The van der Waals surface area contributed by atoms with Crippen LogP contribution in [0, 0.1) is 0 Å². The van der Waals surface area contributed by atoms with Crippen LogP contribution in [-0.2, 0) is 0 Å². The normalized spacial score (nSPS) is 12.0. The minimum atomic E-state index is 0.0520. The summed E-state index contributed by atoms with van der Waals surface area (Å²) in [5.74, 6) is 0.326. The molecule has 0 bridgehead atoms. The molecule has 0 aliphatic rings. The predicted molar refractivity (Wildman–Crippen MR) is 74.9 cm³/mol. The highest BCUT2D eigenvalue weighted by Crippen LogP contribution is 2.21. The zero-order valence-electron chi connectivity index (χ0n) is 9.51. The Morgan fingerprint density at radius 3 is 2.74 bits per heavy atom. The molecule has 98 valence electrons. The molecular formula is C10H9Cl2N7. The molecule has 0 spiro atoms. The quantitative estimate of drug-likeness (QED) is 0.455. The number of aromatic nitrogens is 3. The SMILES string of the molecule is NC(=Nc1ncn[nH]1)N/N=C\c1c(Cl)cccc1Cl. The van der Waals surface area contributed by atoms with Gasteiger partial charge in [-0.25, -0.2) is 10.5 Å². The monoisotopic (exact) mass is 297 g/mol. The lowest BCUT2D eigenvalue weighted by Gasteiger charge is -2.01. The second kappa shape index (κ2) is 6.17. The molecule has 0 radical (unpaired) electrons. The zero-order chi connectivity index (χ0) is 13.7. The van der Waals surface area contributed by atoms with Crippen LogP contribution >= 0.6 is 23.2 Å². The molecule has 0 amide bonds. The molecule has 0 fully saturated rings. The van der Waals surface area contributed by atoms with E-state index in [1.807, 2.05) is 0 Å². The highest BCUT2D eigenvalue weighted by Gasteiger charge is 2.01. The van der Waals surface area contributed by atoms with Crippen LogP contribution in [0.2, 0.25) is 10.0 Å². The van der Waals surface area contributed by atoms with E-state index in [1.165, 1.54) is 12.5 Å². The van der Waals surface area contributed by atoms with Crippen LogP contribution in [0.3, 0.4) is 0 Å². The maximum Gasteiger partial charge on any atom is 0.248 e. The second-order valence-corrected chi connectivity index (χ2v) is 4.13. The van der Waals surface area contributed by atoms with Gasteiger partial charge in [0.15, 0.2) is 0 Å². The van der Waals surface area contributed by atoms with Crippen LogP contribution < -0.4 is 11.2 Å². The highest BCUT2D eigenvalue weighted by molar-refractivity contribution is 6.38. The van der Waals surface area contributed by atoms with E-state index >= 15 is 0 Å². The number of nitrogens with two attached hydrogens (primary N) is 1. The second-order valence-electron chi connectivity index (χ2n) is 3.31. The Kier molecular flexibility index (Phi) is 4.32. The summed E-state index contributed by atoms with van der Waals surface area (Å²) in [7, 11) is 0. The van der Waals surface area contributed by atoms with Gasteiger partial charge in [-0.15, -0.1) is 0 Å². The average Bonchev–Trinajstić information content (AvgIpc) is 2.85. The first kappa shape index (κ1) is 13.3. The molecule has 1 aromatic carbocycles. The van der Waals surface area contributed by atoms with Crippen molar-refractivity contribution >= 4 is 41.3 Å². The molecule has 0 atom stereocenters. The van der Waals surface area contributed by atoms with Gasteiger partial charge in [0.05, 0.1) is 16.3 Å². The predicted octanol–water partition coefficient (Wildman–Crippen LogP) is 1.68. The van der Waals surface area contributed by atoms with Crippen molar-refractivity contribution in [2.45, 2.75) is 0 Å². The van der Waals surface area contributed by atoms with Gasteiger partial charge in [0.1, 0.15) is 6.33 Å². The van der Waals surface area contributed by atoms with Gasteiger partial charge in [0, 0.05) is 5.56 Å². The number of H-pyrrole nitrogens is 1. The Labute approximate surface area is 118 Å². The van der Waals surface area contributed by atoms with Gasteiger partial charge in [-0.3, -0.25) is 0 Å². The largest absolute Gasteiger partial charge is 0.368 e. The van der Waals surface area contributed by atoms with E-state index in [4.69, 9.17) is 28.9 Å². The van der Waals surface area contributed by atoms with Crippen LogP contribution in [0.1, 0.15) is 5.56 Å². The van der Waals surface area contributed by atoms with E-state index in [2.05, 4.69) is 30.7 Å². The van der Waals surface area contributed by atoms with Crippen molar-refractivity contribution in [1.82, 2.24) is 20.6 Å². The fourth-order valence-electron chi connectivity index (χ4n) is 1.19. The molecule has 2 rings (SSSR count). The topological polar surface area (TPSA) is 104 Å². The number of hydrazone groups is 1. The summed E-state index contributed by atoms with van der Waals surface area (Å²) in [6, 6.07) is 5.16. The van der Waals surface area contributed by atoms with Crippen molar-refractivity contribution in [3.8, 4) is 0 Å². The minimum Gasteiger partial charge on any atom is -0.368 e. The van der Waals surface area contributed by atoms with Crippen LogP contribution in [0.15, 0.2) is 34.6 Å². The number of nitrogens with one attached hydrogen (secondary N) is 2.